The van der Waals surface area contributed by atoms with Crippen LogP contribution in [-0.2, 0) is 9.53 Å². The van der Waals surface area contributed by atoms with Crippen LogP contribution >= 0.6 is 0 Å². The molecule has 0 aromatic heterocycles. The van der Waals surface area contributed by atoms with E-state index in [0.29, 0.717) is 6.54 Å². The third-order valence-corrected chi connectivity index (χ3v) is 4.22. The van der Waals surface area contributed by atoms with Gasteiger partial charge in [0, 0.05) is 19.2 Å². The molecule has 0 aromatic carbocycles. The van der Waals surface area contributed by atoms with Crippen molar-refractivity contribution in [1.82, 2.24) is 5.32 Å². The fraction of sp³-hybridized carbons (Fsp3) is 0.923. The largest absolute Gasteiger partial charge is 0.375 e. The first-order valence-electron chi connectivity index (χ1n) is 6.62. The lowest BCUT2D eigenvalue weighted by Gasteiger charge is -2.42. The van der Waals surface area contributed by atoms with Crippen LogP contribution in [-0.4, -0.2) is 30.7 Å². The SMILES string of the molecule is CC1(C)CC(NC(=O)C2(CN)CCC2)CCO1. The Kier molecular flexibility index (Phi) is 3.46. The topological polar surface area (TPSA) is 64.4 Å². The first kappa shape index (κ1) is 12.8. The highest BCUT2D eigenvalue weighted by Crippen LogP contribution is 2.40. The van der Waals surface area contributed by atoms with Crippen molar-refractivity contribution >= 4 is 5.91 Å². The Hall–Kier alpha value is -0.610. The lowest BCUT2D eigenvalue weighted by atomic mass is 9.68. The maximum absolute atomic E-state index is 12.2. The molecule has 0 spiro atoms. The second-order valence-electron chi connectivity index (χ2n) is 6.11. The van der Waals surface area contributed by atoms with Gasteiger partial charge < -0.3 is 15.8 Å². The minimum atomic E-state index is -0.261. The molecule has 0 radical (unpaired) electrons. The fourth-order valence-electron chi connectivity index (χ4n) is 2.82. The molecule has 1 atom stereocenters. The number of rotatable bonds is 3. The summed E-state index contributed by atoms with van der Waals surface area (Å²) in [5.41, 5.74) is 5.36. The molecule has 0 bridgehead atoms. The van der Waals surface area contributed by atoms with E-state index in [1.807, 2.05) is 0 Å². The maximum atomic E-state index is 12.2. The third kappa shape index (κ3) is 2.63. The second-order valence-corrected chi connectivity index (χ2v) is 6.11. The number of amides is 1. The quantitative estimate of drug-likeness (QED) is 0.779. The van der Waals surface area contributed by atoms with Crippen molar-refractivity contribution in [3.8, 4) is 0 Å². The van der Waals surface area contributed by atoms with Crippen molar-refractivity contribution in [3.63, 3.8) is 0 Å². The average Bonchev–Trinajstić information content (AvgIpc) is 2.14. The lowest BCUT2D eigenvalue weighted by molar-refractivity contribution is -0.138. The molecule has 1 aliphatic heterocycles. The van der Waals surface area contributed by atoms with Crippen LogP contribution in [0.5, 0.6) is 0 Å². The van der Waals surface area contributed by atoms with Crippen LogP contribution in [0.15, 0.2) is 0 Å². The van der Waals surface area contributed by atoms with Gasteiger partial charge in [0.2, 0.25) is 5.91 Å². The molecule has 3 N–H and O–H groups in total. The van der Waals surface area contributed by atoms with Gasteiger partial charge in [-0.15, -0.1) is 0 Å². The summed E-state index contributed by atoms with van der Waals surface area (Å²) in [4.78, 5) is 12.2. The van der Waals surface area contributed by atoms with Gasteiger partial charge in [0.05, 0.1) is 11.0 Å². The van der Waals surface area contributed by atoms with E-state index in [-0.39, 0.29) is 23.0 Å². The van der Waals surface area contributed by atoms with Crippen LogP contribution in [0.3, 0.4) is 0 Å². The Morgan fingerprint density at radius 2 is 2.18 bits per heavy atom. The number of carbonyl (C=O) groups excluding carboxylic acids is 1. The van der Waals surface area contributed by atoms with Crippen LogP contribution in [0.25, 0.3) is 0 Å². The van der Waals surface area contributed by atoms with E-state index in [4.69, 9.17) is 10.5 Å². The van der Waals surface area contributed by atoms with Gasteiger partial charge in [0.15, 0.2) is 0 Å². The van der Waals surface area contributed by atoms with E-state index in [2.05, 4.69) is 19.2 Å². The van der Waals surface area contributed by atoms with Gasteiger partial charge in [-0.3, -0.25) is 4.79 Å². The summed E-state index contributed by atoms with van der Waals surface area (Å²) in [6, 6.07) is 0.246. The molecule has 2 fully saturated rings. The van der Waals surface area contributed by atoms with E-state index < -0.39 is 0 Å². The van der Waals surface area contributed by atoms with Crippen molar-refractivity contribution in [2.45, 2.75) is 57.6 Å². The highest BCUT2D eigenvalue weighted by molar-refractivity contribution is 5.84. The fourth-order valence-corrected chi connectivity index (χ4v) is 2.82. The molecular weight excluding hydrogens is 216 g/mol. The van der Waals surface area contributed by atoms with Crippen molar-refractivity contribution in [3.05, 3.63) is 0 Å². The van der Waals surface area contributed by atoms with Gasteiger partial charge in [0.1, 0.15) is 0 Å². The van der Waals surface area contributed by atoms with E-state index in [9.17, 15) is 4.79 Å². The second kappa shape index (κ2) is 4.58. The maximum Gasteiger partial charge on any atom is 0.227 e. The van der Waals surface area contributed by atoms with E-state index in [0.717, 1.165) is 38.7 Å². The summed E-state index contributed by atoms with van der Waals surface area (Å²) in [6.07, 6.45) is 4.82. The van der Waals surface area contributed by atoms with Crippen molar-refractivity contribution in [2.24, 2.45) is 11.1 Å². The Bertz CT molecular complexity index is 292. The molecular formula is C13H24N2O2. The predicted octanol–water partition coefficient (Wildman–Crippen LogP) is 1.19. The van der Waals surface area contributed by atoms with Crippen LogP contribution in [0, 0.1) is 5.41 Å². The number of hydrogen-bond donors (Lipinski definition) is 2. The Morgan fingerprint density at radius 3 is 2.65 bits per heavy atom. The van der Waals surface area contributed by atoms with Crippen molar-refractivity contribution in [1.29, 1.82) is 0 Å². The zero-order valence-electron chi connectivity index (χ0n) is 10.9. The van der Waals surface area contributed by atoms with Gasteiger partial charge in [-0.2, -0.15) is 0 Å². The van der Waals surface area contributed by atoms with Gasteiger partial charge in [0.25, 0.3) is 0 Å². The number of carbonyl (C=O) groups is 1. The summed E-state index contributed by atoms with van der Waals surface area (Å²) < 4.78 is 5.65. The summed E-state index contributed by atoms with van der Waals surface area (Å²) >= 11 is 0. The molecule has 1 amide bonds. The summed E-state index contributed by atoms with van der Waals surface area (Å²) in [5, 5.41) is 3.17. The molecule has 4 heteroatoms. The molecule has 1 heterocycles. The average molecular weight is 240 g/mol. The molecule has 1 unspecified atom stereocenters. The highest BCUT2D eigenvalue weighted by atomic mass is 16.5. The first-order chi connectivity index (χ1) is 7.97. The zero-order valence-corrected chi connectivity index (χ0v) is 10.9. The summed E-state index contributed by atoms with van der Waals surface area (Å²) in [6.45, 7) is 5.36. The highest BCUT2D eigenvalue weighted by Gasteiger charge is 2.44. The smallest absolute Gasteiger partial charge is 0.227 e. The Labute approximate surface area is 103 Å². The van der Waals surface area contributed by atoms with Gasteiger partial charge in [-0.05, 0) is 39.5 Å². The van der Waals surface area contributed by atoms with Gasteiger partial charge in [-0.1, -0.05) is 6.42 Å². The van der Waals surface area contributed by atoms with Crippen molar-refractivity contribution in [2.75, 3.05) is 13.2 Å². The molecule has 2 aliphatic rings. The third-order valence-electron chi connectivity index (χ3n) is 4.22. The van der Waals surface area contributed by atoms with E-state index in [1.54, 1.807) is 0 Å². The van der Waals surface area contributed by atoms with Crippen LogP contribution < -0.4 is 11.1 Å². The molecule has 1 saturated carbocycles. The minimum Gasteiger partial charge on any atom is -0.375 e. The Balaban J connectivity index is 1.90. The normalized spacial score (nSPS) is 30.4. The van der Waals surface area contributed by atoms with Crippen LogP contribution in [0.1, 0.15) is 46.0 Å². The molecule has 4 nitrogen and oxygen atoms in total. The first-order valence-corrected chi connectivity index (χ1v) is 6.62. The summed E-state index contributed by atoms with van der Waals surface area (Å²) in [7, 11) is 0. The molecule has 17 heavy (non-hydrogen) atoms. The molecule has 98 valence electrons. The predicted molar refractivity (Wildman–Crippen MR) is 66.5 cm³/mol. The van der Waals surface area contributed by atoms with Crippen molar-refractivity contribution < 1.29 is 9.53 Å². The lowest BCUT2D eigenvalue weighted by Crippen LogP contribution is -2.55. The minimum absolute atomic E-state index is 0.119. The van der Waals surface area contributed by atoms with E-state index >= 15 is 0 Å². The zero-order chi connectivity index (χ0) is 12.5. The van der Waals surface area contributed by atoms with E-state index in [1.165, 1.54) is 0 Å². The van der Waals surface area contributed by atoms with Gasteiger partial charge >= 0.3 is 0 Å². The van der Waals surface area contributed by atoms with Gasteiger partial charge in [-0.25, -0.2) is 0 Å². The molecule has 2 rings (SSSR count). The molecule has 1 saturated heterocycles. The summed E-state index contributed by atoms with van der Waals surface area (Å²) in [5.74, 6) is 0.161. The molecule has 1 aliphatic carbocycles. The number of hydrogen-bond acceptors (Lipinski definition) is 3. The standard InChI is InChI=1S/C13H24N2O2/c1-12(2)8-10(4-7-17-12)15-11(16)13(9-14)5-3-6-13/h10H,3-9,14H2,1-2H3,(H,15,16). The number of nitrogens with two attached hydrogens (primary N) is 1. The Morgan fingerprint density at radius 1 is 1.47 bits per heavy atom. The monoisotopic (exact) mass is 240 g/mol. The van der Waals surface area contributed by atoms with Crippen LogP contribution in [0.4, 0.5) is 0 Å². The van der Waals surface area contributed by atoms with Crippen LogP contribution in [0.2, 0.25) is 0 Å². The number of nitrogens with one attached hydrogen (secondary N) is 1. The molecule has 0 aromatic rings. The number of ether oxygens (including phenoxy) is 1.